The van der Waals surface area contributed by atoms with Crippen LogP contribution in [0, 0.1) is 12.8 Å². The number of aromatic nitrogens is 2. The summed E-state index contributed by atoms with van der Waals surface area (Å²) in [5.41, 5.74) is 8.10. The van der Waals surface area contributed by atoms with Crippen molar-refractivity contribution in [2.45, 2.75) is 38.5 Å². The van der Waals surface area contributed by atoms with Gasteiger partial charge in [-0.15, -0.1) is 12.4 Å². The van der Waals surface area contributed by atoms with Crippen LogP contribution in [0.1, 0.15) is 37.4 Å². The summed E-state index contributed by atoms with van der Waals surface area (Å²) < 4.78 is 7.31. The van der Waals surface area contributed by atoms with Gasteiger partial charge in [-0.3, -0.25) is 4.79 Å². The summed E-state index contributed by atoms with van der Waals surface area (Å²) in [5.74, 6) is 0.127. The number of hydrogen-bond donors (Lipinski definition) is 1. The molecule has 5 nitrogen and oxygen atoms in total. The normalized spacial score (nSPS) is 21.5. The molecule has 25 heavy (non-hydrogen) atoms. The minimum Gasteiger partial charge on any atom is -0.465 e. The molecule has 136 valence electrons. The molecule has 1 aromatic carbocycles. The van der Waals surface area contributed by atoms with Gasteiger partial charge in [0.25, 0.3) is 0 Å². The van der Waals surface area contributed by atoms with Gasteiger partial charge < -0.3 is 15.0 Å². The lowest BCUT2D eigenvalue weighted by Gasteiger charge is -2.14. The number of aryl methyl sites for hydroxylation is 1. The summed E-state index contributed by atoms with van der Waals surface area (Å²) in [6.45, 7) is 4.94. The zero-order valence-corrected chi connectivity index (χ0v) is 15.6. The summed E-state index contributed by atoms with van der Waals surface area (Å²) >= 11 is 0. The highest BCUT2D eigenvalue weighted by molar-refractivity contribution is 5.87. The molecule has 0 amide bonds. The van der Waals surface area contributed by atoms with Crippen LogP contribution < -0.4 is 5.73 Å². The number of carbonyl (C=O) groups is 1. The Labute approximate surface area is 155 Å². The first-order chi connectivity index (χ1) is 11.6. The fourth-order valence-electron chi connectivity index (χ4n) is 3.38. The molecule has 3 rings (SSSR count). The maximum absolute atomic E-state index is 12.6. The molecular weight excluding hydrogens is 338 g/mol. The van der Waals surface area contributed by atoms with Crippen molar-refractivity contribution < 1.29 is 9.53 Å². The molecule has 0 aliphatic heterocycles. The Morgan fingerprint density at radius 1 is 1.40 bits per heavy atom. The number of rotatable bonds is 7. The third-order valence-corrected chi connectivity index (χ3v) is 4.87. The van der Waals surface area contributed by atoms with E-state index >= 15 is 0 Å². The summed E-state index contributed by atoms with van der Waals surface area (Å²) in [7, 11) is 0. The van der Waals surface area contributed by atoms with Crippen LogP contribution in [0.4, 0.5) is 0 Å². The van der Waals surface area contributed by atoms with Gasteiger partial charge in [-0.1, -0.05) is 17.7 Å². The average Bonchev–Trinajstić information content (AvgIpc) is 3.11. The van der Waals surface area contributed by atoms with E-state index in [1.165, 1.54) is 5.56 Å². The number of hydrogen-bond acceptors (Lipinski definition) is 4. The Hall–Kier alpha value is -1.85. The highest BCUT2D eigenvalue weighted by Crippen LogP contribution is 2.56. The van der Waals surface area contributed by atoms with Crippen molar-refractivity contribution in [2.75, 3.05) is 13.2 Å². The predicted molar refractivity (Wildman–Crippen MR) is 100 cm³/mol. The third-order valence-electron chi connectivity index (χ3n) is 4.87. The van der Waals surface area contributed by atoms with Gasteiger partial charge in [0.15, 0.2) is 0 Å². The lowest BCUT2D eigenvalue weighted by atomic mass is 9.97. The molecule has 0 unspecified atom stereocenters. The second-order valence-corrected chi connectivity index (χ2v) is 6.53. The lowest BCUT2D eigenvalue weighted by molar-refractivity contribution is -0.146. The topological polar surface area (TPSA) is 70.1 Å². The SMILES string of the molecule is CCOC(=O)[C@]1(c2cn(-c3ccc(C)cc3)cn2)C[C@@H]1CCCN.Cl. The molecule has 1 saturated carbocycles. The van der Waals surface area contributed by atoms with Crippen LogP contribution in [0.25, 0.3) is 5.69 Å². The van der Waals surface area contributed by atoms with E-state index in [-0.39, 0.29) is 24.3 Å². The van der Waals surface area contributed by atoms with Crippen molar-refractivity contribution in [3.05, 3.63) is 48.0 Å². The zero-order valence-electron chi connectivity index (χ0n) is 14.8. The molecule has 2 aromatic rings. The molecule has 1 fully saturated rings. The van der Waals surface area contributed by atoms with Crippen LogP contribution in [-0.2, 0) is 14.9 Å². The standard InChI is InChI=1S/C19H25N3O2.ClH/c1-3-24-18(23)19(11-15(19)5-4-10-20)17-12-22(13-21-17)16-8-6-14(2)7-9-16;/h6-9,12-13,15H,3-5,10-11,20H2,1-2H3;1H/t15-,19+;/m0./s1. The second-order valence-electron chi connectivity index (χ2n) is 6.53. The van der Waals surface area contributed by atoms with E-state index in [9.17, 15) is 4.79 Å². The van der Waals surface area contributed by atoms with Crippen LogP contribution >= 0.6 is 12.4 Å². The summed E-state index contributed by atoms with van der Waals surface area (Å²) in [5, 5.41) is 0. The average molecular weight is 364 g/mol. The van der Waals surface area contributed by atoms with Gasteiger partial charge in [-0.25, -0.2) is 4.98 Å². The monoisotopic (exact) mass is 363 g/mol. The van der Waals surface area contributed by atoms with Gasteiger partial charge in [-0.2, -0.15) is 0 Å². The number of ether oxygens (including phenoxy) is 1. The molecule has 6 heteroatoms. The van der Waals surface area contributed by atoms with Crippen LogP contribution in [0.5, 0.6) is 0 Å². The molecule has 1 aromatic heterocycles. The molecular formula is C19H26ClN3O2. The molecule has 0 bridgehead atoms. The minimum atomic E-state index is -0.582. The van der Waals surface area contributed by atoms with Crippen molar-refractivity contribution in [3.63, 3.8) is 0 Å². The second kappa shape index (κ2) is 8.02. The van der Waals surface area contributed by atoms with E-state index < -0.39 is 5.41 Å². The highest BCUT2D eigenvalue weighted by Gasteiger charge is 2.63. The number of halogens is 1. The van der Waals surface area contributed by atoms with E-state index in [2.05, 4.69) is 36.2 Å². The number of esters is 1. The highest BCUT2D eigenvalue weighted by atomic mass is 35.5. The summed E-state index contributed by atoms with van der Waals surface area (Å²) in [6.07, 6.45) is 6.40. The minimum absolute atomic E-state index is 0. The van der Waals surface area contributed by atoms with E-state index in [1.807, 2.05) is 17.7 Å². The van der Waals surface area contributed by atoms with Crippen LogP contribution in [0.15, 0.2) is 36.8 Å². The van der Waals surface area contributed by atoms with E-state index in [0.29, 0.717) is 13.2 Å². The Morgan fingerprint density at radius 3 is 2.76 bits per heavy atom. The molecule has 1 heterocycles. The zero-order chi connectivity index (χ0) is 17.2. The summed E-state index contributed by atoms with van der Waals surface area (Å²) in [4.78, 5) is 17.1. The van der Waals surface area contributed by atoms with Gasteiger partial charge in [0.1, 0.15) is 5.41 Å². The number of nitrogens with zero attached hydrogens (tertiary/aromatic N) is 2. The smallest absolute Gasteiger partial charge is 0.318 e. The van der Waals surface area contributed by atoms with E-state index in [4.69, 9.17) is 10.5 Å². The number of benzene rings is 1. The van der Waals surface area contributed by atoms with Crippen molar-refractivity contribution in [1.29, 1.82) is 0 Å². The van der Waals surface area contributed by atoms with Crippen molar-refractivity contribution >= 4 is 18.4 Å². The molecule has 1 aliphatic rings. The first-order valence-electron chi connectivity index (χ1n) is 8.60. The van der Waals surface area contributed by atoms with Gasteiger partial charge >= 0.3 is 5.97 Å². The molecule has 1 aliphatic carbocycles. The van der Waals surface area contributed by atoms with Crippen molar-refractivity contribution in [2.24, 2.45) is 11.7 Å². The quantitative estimate of drug-likeness (QED) is 0.767. The Bertz CT molecular complexity index is 714. The maximum atomic E-state index is 12.6. The van der Waals surface area contributed by atoms with Crippen LogP contribution in [0.3, 0.4) is 0 Å². The van der Waals surface area contributed by atoms with Gasteiger partial charge in [0, 0.05) is 11.9 Å². The predicted octanol–water partition coefficient (Wildman–Crippen LogP) is 3.16. The Balaban J connectivity index is 0.00000225. The Kier molecular flexibility index (Phi) is 6.25. The number of imidazole rings is 1. The van der Waals surface area contributed by atoms with Crippen LogP contribution in [-0.4, -0.2) is 28.7 Å². The van der Waals surface area contributed by atoms with Gasteiger partial charge in [0.05, 0.1) is 18.6 Å². The number of carbonyl (C=O) groups excluding carboxylic acids is 1. The molecule has 0 spiro atoms. The summed E-state index contributed by atoms with van der Waals surface area (Å²) in [6, 6.07) is 8.24. The van der Waals surface area contributed by atoms with Crippen molar-refractivity contribution in [3.8, 4) is 5.69 Å². The van der Waals surface area contributed by atoms with Gasteiger partial charge in [-0.05, 0) is 57.7 Å². The molecule has 2 N–H and O–H groups in total. The first-order valence-corrected chi connectivity index (χ1v) is 8.60. The van der Waals surface area contributed by atoms with Crippen LogP contribution in [0.2, 0.25) is 0 Å². The fraction of sp³-hybridized carbons (Fsp3) is 0.474. The lowest BCUT2D eigenvalue weighted by Crippen LogP contribution is -2.26. The largest absolute Gasteiger partial charge is 0.465 e. The maximum Gasteiger partial charge on any atom is 0.318 e. The molecule has 2 atom stereocenters. The first kappa shape index (κ1) is 19.5. The van der Waals surface area contributed by atoms with E-state index in [1.54, 1.807) is 6.33 Å². The van der Waals surface area contributed by atoms with Gasteiger partial charge in [0.2, 0.25) is 0 Å². The Morgan fingerprint density at radius 2 is 2.12 bits per heavy atom. The fourth-order valence-corrected chi connectivity index (χ4v) is 3.38. The third kappa shape index (κ3) is 3.72. The molecule has 0 saturated heterocycles. The van der Waals surface area contributed by atoms with E-state index in [0.717, 1.165) is 30.6 Å². The number of nitrogens with two attached hydrogens (primary N) is 1. The van der Waals surface area contributed by atoms with Crippen molar-refractivity contribution in [1.82, 2.24) is 9.55 Å². The molecule has 0 radical (unpaired) electrons.